The van der Waals surface area contributed by atoms with Crippen molar-refractivity contribution in [1.82, 2.24) is 5.32 Å². The van der Waals surface area contributed by atoms with Gasteiger partial charge in [0.2, 0.25) is 0 Å². The largest absolute Gasteiger partial charge is 0.480 e. The van der Waals surface area contributed by atoms with Gasteiger partial charge in [0.1, 0.15) is 12.6 Å². The van der Waals surface area contributed by atoms with Crippen LogP contribution in [0.25, 0.3) is 0 Å². The molecule has 0 saturated carbocycles. The highest BCUT2D eigenvalue weighted by molar-refractivity contribution is 5.79. The Kier molecular flexibility index (Phi) is 8.28. The molecular weight excluding hydrogens is 350 g/mol. The summed E-state index contributed by atoms with van der Waals surface area (Å²) in [4.78, 5) is 23.1. The third kappa shape index (κ3) is 7.89. The Bertz CT molecular complexity index is 707. The Labute approximate surface area is 157 Å². The molecule has 1 amide bonds. The second kappa shape index (κ2) is 10.9. The van der Waals surface area contributed by atoms with Crippen LogP contribution in [0.3, 0.4) is 0 Å². The SMILES string of the molecule is O=C(NC(CC(O)COCc1ccccc1)C(=O)O)OCc1ccccc1. The predicted octanol–water partition coefficient (Wildman–Crippen LogP) is 2.33. The first-order chi connectivity index (χ1) is 13.0. The maximum atomic E-state index is 11.8. The second-order valence-electron chi connectivity index (χ2n) is 5.99. The van der Waals surface area contributed by atoms with E-state index in [0.717, 1.165) is 11.1 Å². The summed E-state index contributed by atoms with van der Waals surface area (Å²) >= 11 is 0. The van der Waals surface area contributed by atoms with Gasteiger partial charge in [0.25, 0.3) is 0 Å². The molecule has 3 N–H and O–H groups in total. The minimum atomic E-state index is -1.27. The summed E-state index contributed by atoms with van der Waals surface area (Å²) in [6.07, 6.45) is -2.09. The number of rotatable bonds is 10. The lowest BCUT2D eigenvalue weighted by Crippen LogP contribution is -2.43. The highest BCUT2D eigenvalue weighted by Crippen LogP contribution is 2.06. The minimum Gasteiger partial charge on any atom is -0.480 e. The van der Waals surface area contributed by atoms with Crippen molar-refractivity contribution in [3.05, 3.63) is 71.8 Å². The van der Waals surface area contributed by atoms with E-state index in [0.29, 0.717) is 6.61 Å². The molecule has 2 unspecified atom stereocenters. The number of nitrogens with one attached hydrogen (secondary N) is 1. The first-order valence-electron chi connectivity index (χ1n) is 8.54. The van der Waals surface area contributed by atoms with Crippen molar-refractivity contribution in [3.63, 3.8) is 0 Å². The van der Waals surface area contributed by atoms with Crippen LogP contribution in [0.15, 0.2) is 60.7 Å². The number of amides is 1. The number of alkyl carbamates (subject to hydrolysis) is 1. The Morgan fingerprint density at radius 3 is 2.04 bits per heavy atom. The lowest BCUT2D eigenvalue weighted by Gasteiger charge is -2.18. The smallest absolute Gasteiger partial charge is 0.408 e. The monoisotopic (exact) mass is 373 g/mol. The van der Waals surface area contributed by atoms with E-state index in [-0.39, 0.29) is 19.6 Å². The first kappa shape index (κ1) is 20.4. The van der Waals surface area contributed by atoms with Gasteiger partial charge in [-0.15, -0.1) is 0 Å². The van der Waals surface area contributed by atoms with Crippen molar-refractivity contribution in [1.29, 1.82) is 0 Å². The van der Waals surface area contributed by atoms with E-state index < -0.39 is 24.2 Å². The van der Waals surface area contributed by atoms with Gasteiger partial charge in [-0.25, -0.2) is 9.59 Å². The van der Waals surface area contributed by atoms with E-state index in [1.54, 1.807) is 12.1 Å². The molecule has 2 atom stereocenters. The summed E-state index contributed by atoms with van der Waals surface area (Å²) in [6.45, 7) is 0.295. The number of aliphatic carboxylic acids is 1. The number of ether oxygens (including phenoxy) is 2. The van der Waals surface area contributed by atoms with Gasteiger partial charge < -0.3 is 25.0 Å². The average molecular weight is 373 g/mol. The van der Waals surface area contributed by atoms with Gasteiger partial charge in [0.05, 0.1) is 19.3 Å². The number of carbonyl (C=O) groups excluding carboxylic acids is 1. The number of carboxylic acids is 1. The molecule has 0 aromatic heterocycles. The normalized spacial score (nSPS) is 12.8. The summed E-state index contributed by atoms with van der Waals surface area (Å²) in [5, 5.41) is 21.5. The van der Waals surface area contributed by atoms with Crippen molar-refractivity contribution in [2.75, 3.05) is 6.61 Å². The fourth-order valence-corrected chi connectivity index (χ4v) is 2.36. The zero-order valence-corrected chi connectivity index (χ0v) is 14.8. The number of benzene rings is 2. The van der Waals surface area contributed by atoms with Gasteiger partial charge in [-0.2, -0.15) is 0 Å². The van der Waals surface area contributed by atoms with E-state index in [1.165, 1.54) is 0 Å². The molecule has 7 nitrogen and oxygen atoms in total. The van der Waals surface area contributed by atoms with Crippen LogP contribution in [0.1, 0.15) is 17.5 Å². The Balaban J connectivity index is 1.73. The molecule has 0 saturated heterocycles. The van der Waals surface area contributed by atoms with Gasteiger partial charge in [0.15, 0.2) is 0 Å². The molecule has 7 heteroatoms. The Hall–Kier alpha value is -2.90. The maximum Gasteiger partial charge on any atom is 0.408 e. The summed E-state index contributed by atoms with van der Waals surface area (Å²) < 4.78 is 10.4. The van der Waals surface area contributed by atoms with Gasteiger partial charge >= 0.3 is 12.1 Å². The molecule has 0 aliphatic heterocycles. The molecule has 0 aliphatic rings. The lowest BCUT2D eigenvalue weighted by atomic mass is 10.1. The van der Waals surface area contributed by atoms with Crippen LogP contribution in [-0.2, 0) is 27.5 Å². The molecule has 0 aliphatic carbocycles. The molecule has 2 rings (SSSR count). The van der Waals surface area contributed by atoms with E-state index in [4.69, 9.17) is 9.47 Å². The van der Waals surface area contributed by atoms with Crippen LogP contribution in [0.2, 0.25) is 0 Å². The summed E-state index contributed by atoms with van der Waals surface area (Å²) in [7, 11) is 0. The van der Waals surface area contributed by atoms with Crippen LogP contribution in [-0.4, -0.2) is 41.0 Å². The average Bonchev–Trinajstić information content (AvgIpc) is 2.67. The molecule has 2 aromatic rings. The van der Waals surface area contributed by atoms with Crippen molar-refractivity contribution < 1.29 is 29.3 Å². The topological polar surface area (TPSA) is 105 Å². The summed E-state index contributed by atoms with van der Waals surface area (Å²) in [5.74, 6) is -1.26. The molecular formula is C20H23NO6. The molecule has 2 aromatic carbocycles. The molecule has 0 heterocycles. The van der Waals surface area contributed by atoms with Crippen LogP contribution >= 0.6 is 0 Å². The standard InChI is InChI=1S/C20H23NO6/c22-17(14-26-12-15-7-3-1-4-8-15)11-18(19(23)24)21-20(25)27-13-16-9-5-2-6-10-16/h1-10,17-18,22H,11-14H2,(H,21,25)(H,23,24). The van der Waals surface area contributed by atoms with E-state index in [9.17, 15) is 19.8 Å². The van der Waals surface area contributed by atoms with Crippen molar-refractivity contribution >= 4 is 12.1 Å². The van der Waals surface area contributed by atoms with Crippen LogP contribution in [0, 0.1) is 0 Å². The van der Waals surface area contributed by atoms with Gasteiger partial charge in [-0.3, -0.25) is 0 Å². The molecule has 0 spiro atoms. The zero-order chi connectivity index (χ0) is 19.5. The molecule has 144 valence electrons. The lowest BCUT2D eigenvalue weighted by molar-refractivity contribution is -0.140. The number of carboxylic acid groups (broad SMARTS) is 1. The van der Waals surface area contributed by atoms with Gasteiger partial charge in [-0.05, 0) is 11.1 Å². The van der Waals surface area contributed by atoms with E-state index >= 15 is 0 Å². The third-order valence-corrected chi connectivity index (χ3v) is 3.73. The minimum absolute atomic E-state index is 0.0295. The highest BCUT2D eigenvalue weighted by atomic mass is 16.5. The molecule has 0 radical (unpaired) electrons. The van der Waals surface area contributed by atoms with Crippen molar-refractivity contribution in [2.45, 2.75) is 31.8 Å². The fourth-order valence-electron chi connectivity index (χ4n) is 2.36. The van der Waals surface area contributed by atoms with E-state index in [2.05, 4.69) is 5.32 Å². The Morgan fingerprint density at radius 1 is 0.926 bits per heavy atom. The number of aliphatic hydroxyl groups excluding tert-OH is 1. The fraction of sp³-hybridized carbons (Fsp3) is 0.300. The van der Waals surface area contributed by atoms with Gasteiger partial charge in [-0.1, -0.05) is 60.7 Å². The highest BCUT2D eigenvalue weighted by Gasteiger charge is 2.24. The summed E-state index contributed by atoms with van der Waals surface area (Å²) in [5.41, 5.74) is 1.73. The molecule has 0 fully saturated rings. The van der Waals surface area contributed by atoms with Crippen LogP contribution in [0.4, 0.5) is 4.79 Å². The second-order valence-corrected chi connectivity index (χ2v) is 5.99. The van der Waals surface area contributed by atoms with E-state index in [1.807, 2.05) is 48.5 Å². The van der Waals surface area contributed by atoms with Crippen LogP contribution < -0.4 is 5.32 Å². The quantitative estimate of drug-likeness (QED) is 0.590. The predicted molar refractivity (Wildman–Crippen MR) is 97.9 cm³/mol. The zero-order valence-electron chi connectivity index (χ0n) is 14.8. The Morgan fingerprint density at radius 2 is 1.48 bits per heavy atom. The third-order valence-electron chi connectivity index (χ3n) is 3.73. The van der Waals surface area contributed by atoms with Crippen molar-refractivity contribution in [3.8, 4) is 0 Å². The number of carbonyl (C=O) groups is 2. The van der Waals surface area contributed by atoms with Gasteiger partial charge in [0, 0.05) is 6.42 Å². The molecule has 27 heavy (non-hydrogen) atoms. The molecule has 0 bridgehead atoms. The number of aliphatic hydroxyl groups is 1. The van der Waals surface area contributed by atoms with Crippen molar-refractivity contribution in [2.24, 2.45) is 0 Å². The first-order valence-corrected chi connectivity index (χ1v) is 8.54. The maximum absolute atomic E-state index is 11.8. The summed E-state index contributed by atoms with van der Waals surface area (Å²) in [6, 6.07) is 17.2. The number of hydrogen-bond donors (Lipinski definition) is 3. The van der Waals surface area contributed by atoms with Crippen LogP contribution in [0.5, 0.6) is 0 Å². The number of hydrogen-bond acceptors (Lipinski definition) is 5.